The summed E-state index contributed by atoms with van der Waals surface area (Å²) < 4.78 is 37.8. The van der Waals surface area contributed by atoms with Crippen LogP contribution in [0.5, 0.6) is 0 Å². The summed E-state index contributed by atoms with van der Waals surface area (Å²) in [6.45, 7) is 3.79. The minimum Gasteiger partial charge on any atom is -0.298 e. The Bertz CT molecular complexity index is 591. The molecule has 0 bridgehead atoms. The molecule has 0 N–H and O–H groups in total. The number of fused-ring (bicyclic) bond motifs is 1. The van der Waals surface area contributed by atoms with Gasteiger partial charge in [0.25, 0.3) is 0 Å². The average Bonchev–Trinajstić information content (AvgIpc) is 2.85. The van der Waals surface area contributed by atoms with Gasteiger partial charge in [0, 0.05) is 32.7 Å². The van der Waals surface area contributed by atoms with Gasteiger partial charge in [-0.15, -0.1) is 0 Å². The van der Waals surface area contributed by atoms with Gasteiger partial charge < -0.3 is 0 Å². The average molecular weight is 298 g/mol. The second-order valence-electron chi connectivity index (χ2n) is 5.92. The molecule has 1 aromatic carbocycles. The summed E-state index contributed by atoms with van der Waals surface area (Å²) in [5.41, 5.74) is 0.977. The van der Waals surface area contributed by atoms with Gasteiger partial charge in [0.15, 0.2) is 0 Å². The van der Waals surface area contributed by atoms with Crippen molar-refractivity contribution in [3.8, 4) is 0 Å². The third kappa shape index (κ3) is 2.87. The van der Waals surface area contributed by atoms with Gasteiger partial charge in [0.1, 0.15) is 5.82 Å². The predicted octanol–water partition coefficient (Wildman–Crippen LogP) is 1.15. The van der Waals surface area contributed by atoms with Crippen LogP contribution in [0.4, 0.5) is 4.39 Å². The van der Waals surface area contributed by atoms with E-state index in [-0.39, 0.29) is 5.82 Å². The lowest BCUT2D eigenvalue weighted by atomic mass is 10.0. The van der Waals surface area contributed by atoms with Crippen molar-refractivity contribution in [3.05, 3.63) is 35.6 Å². The van der Waals surface area contributed by atoms with E-state index in [9.17, 15) is 12.8 Å². The Labute approximate surface area is 119 Å². The highest BCUT2D eigenvalue weighted by atomic mass is 32.2. The monoisotopic (exact) mass is 298 g/mol. The molecule has 0 aromatic heterocycles. The fraction of sp³-hybridized carbons (Fsp3) is 0.571. The van der Waals surface area contributed by atoms with Crippen molar-refractivity contribution >= 4 is 10.0 Å². The first-order valence-corrected chi connectivity index (χ1v) is 8.68. The lowest BCUT2D eigenvalue weighted by molar-refractivity contribution is 0.289. The molecule has 4 nitrogen and oxygen atoms in total. The Hall–Kier alpha value is -0.980. The van der Waals surface area contributed by atoms with E-state index < -0.39 is 10.0 Å². The lowest BCUT2D eigenvalue weighted by Crippen LogP contribution is -2.32. The van der Waals surface area contributed by atoms with Crippen molar-refractivity contribution < 1.29 is 12.8 Å². The molecule has 2 aliphatic heterocycles. The number of halogens is 1. The Kier molecular flexibility index (Phi) is 3.56. The van der Waals surface area contributed by atoms with E-state index in [1.54, 1.807) is 16.4 Å². The van der Waals surface area contributed by atoms with E-state index in [0.29, 0.717) is 24.9 Å². The summed E-state index contributed by atoms with van der Waals surface area (Å²) in [6, 6.07) is 6.68. The van der Waals surface area contributed by atoms with Crippen molar-refractivity contribution in [2.75, 3.05) is 32.4 Å². The molecule has 6 heteroatoms. The molecule has 0 saturated carbocycles. The van der Waals surface area contributed by atoms with Crippen LogP contribution in [0.2, 0.25) is 0 Å². The van der Waals surface area contributed by atoms with E-state index in [4.69, 9.17) is 0 Å². The van der Waals surface area contributed by atoms with Crippen LogP contribution in [0.3, 0.4) is 0 Å². The van der Waals surface area contributed by atoms with Gasteiger partial charge in [0.05, 0.1) is 6.26 Å². The maximum Gasteiger partial charge on any atom is 0.211 e. The maximum atomic E-state index is 13.2. The number of likely N-dealkylation sites (tertiary alicyclic amines) is 1. The van der Waals surface area contributed by atoms with Crippen molar-refractivity contribution in [1.29, 1.82) is 0 Å². The van der Waals surface area contributed by atoms with Crippen LogP contribution in [-0.2, 0) is 16.6 Å². The van der Waals surface area contributed by atoms with Crippen LogP contribution in [0.15, 0.2) is 24.3 Å². The minimum atomic E-state index is -3.06. The summed E-state index contributed by atoms with van der Waals surface area (Å²) in [6.07, 6.45) is 1.28. The molecule has 110 valence electrons. The molecule has 20 heavy (non-hydrogen) atoms. The third-order valence-corrected chi connectivity index (χ3v) is 5.53. The zero-order valence-corrected chi connectivity index (χ0v) is 12.3. The van der Waals surface area contributed by atoms with Gasteiger partial charge in [-0.3, -0.25) is 4.90 Å². The lowest BCUT2D eigenvalue weighted by Gasteiger charge is -2.20. The van der Waals surface area contributed by atoms with Crippen molar-refractivity contribution in [2.24, 2.45) is 11.8 Å². The highest BCUT2D eigenvalue weighted by Gasteiger charge is 2.42. The molecule has 2 atom stereocenters. The molecule has 2 heterocycles. The summed E-state index contributed by atoms with van der Waals surface area (Å²) in [7, 11) is -3.06. The predicted molar refractivity (Wildman–Crippen MR) is 75.1 cm³/mol. The SMILES string of the molecule is CS(=O)(=O)N1CC2CN(Cc3cccc(F)c3)CC2C1. The molecule has 0 spiro atoms. The third-order valence-electron chi connectivity index (χ3n) is 4.29. The number of benzene rings is 1. The highest BCUT2D eigenvalue weighted by Crippen LogP contribution is 2.32. The fourth-order valence-electron chi connectivity index (χ4n) is 3.34. The Balaban J connectivity index is 1.61. The molecule has 2 unspecified atom stereocenters. The van der Waals surface area contributed by atoms with Gasteiger partial charge in [0.2, 0.25) is 10.0 Å². The molecule has 2 saturated heterocycles. The second-order valence-corrected chi connectivity index (χ2v) is 7.91. The van der Waals surface area contributed by atoms with E-state index in [2.05, 4.69) is 4.90 Å². The van der Waals surface area contributed by atoms with E-state index in [1.165, 1.54) is 12.3 Å². The van der Waals surface area contributed by atoms with Crippen LogP contribution in [-0.4, -0.2) is 50.1 Å². The van der Waals surface area contributed by atoms with Gasteiger partial charge in [-0.25, -0.2) is 17.1 Å². The van der Waals surface area contributed by atoms with Crippen molar-refractivity contribution in [3.63, 3.8) is 0 Å². The Morgan fingerprint density at radius 3 is 2.40 bits per heavy atom. The molecule has 0 radical (unpaired) electrons. The first-order chi connectivity index (χ1) is 9.41. The molecular formula is C14H19FN2O2S. The number of hydrogen-bond acceptors (Lipinski definition) is 3. The van der Waals surface area contributed by atoms with E-state index in [0.717, 1.165) is 25.2 Å². The topological polar surface area (TPSA) is 40.6 Å². The standard InChI is InChI=1S/C14H19FN2O2S/c1-20(18,19)17-9-12-7-16(8-13(12)10-17)6-11-3-2-4-14(15)5-11/h2-5,12-13H,6-10H2,1H3. The number of nitrogens with zero attached hydrogens (tertiary/aromatic N) is 2. The molecule has 3 rings (SSSR count). The highest BCUT2D eigenvalue weighted by molar-refractivity contribution is 7.88. The van der Waals surface area contributed by atoms with Crippen LogP contribution in [0.25, 0.3) is 0 Å². The minimum absolute atomic E-state index is 0.204. The zero-order valence-electron chi connectivity index (χ0n) is 11.5. The zero-order chi connectivity index (χ0) is 14.3. The largest absolute Gasteiger partial charge is 0.298 e. The first-order valence-electron chi connectivity index (χ1n) is 6.84. The fourth-order valence-corrected chi connectivity index (χ4v) is 4.27. The summed E-state index contributed by atoms with van der Waals surface area (Å²) in [5.74, 6) is 0.627. The maximum absolute atomic E-state index is 13.2. The quantitative estimate of drug-likeness (QED) is 0.840. The summed E-state index contributed by atoms with van der Waals surface area (Å²) in [4.78, 5) is 2.30. The van der Waals surface area contributed by atoms with Crippen LogP contribution < -0.4 is 0 Å². The van der Waals surface area contributed by atoms with E-state index in [1.807, 2.05) is 6.07 Å². The van der Waals surface area contributed by atoms with Crippen LogP contribution in [0, 0.1) is 17.7 Å². The normalized spacial score (nSPS) is 27.9. The summed E-state index contributed by atoms with van der Waals surface area (Å²) >= 11 is 0. The summed E-state index contributed by atoms with van der Waals surface area (Å²) in [5, 5.41) is 0. The molecular weight excluding hydrogens is 279 g/mol. The Morgan fingerprint density at radius 1 is 1.20 bits per heavy atom. The molecule has 0 amide bonds. The number of rotatable bonds is 3. The smallest absolute Gasteiger partial charge is 0.211 e. The molecule has 2 fully saturated rings. The number of sulfonamides is 1. The van der Waals surface area contributed by atoms with Gasteiger partial charge >= 0.3 is 0 Å². The first kappa shape index (κ1) is 14.0. The van der Waals surface area contributed by atoms with Crippen molar-refractivity contribution in [2.45, 2.75) is 6.54 Å². The van der Waals surface area contributed by atoms with Gasteiger partial charge in [-0.2, -0.15) is 0 Å². The van der Waals surface area contributed by atoms with Crippen molar-refractivity contribution in [1.82, 2.24) is 9.21 Å². The second kappa shape index (κ2) is 5.09. The van der Waals surface area contributed by atoms with Gasteiger partial charge in [-0.05, 0) is 29.5 Å². The van der Waals surface area contributed by atoms with Gasteiger partial charge in [-0.1, -0.05) is 12.1 Å². The van der Waals surface area contributed by atoms with E-state index >= 15 is 0 Å². The van der Waals surface area contributed by atoms with Crippen LogP contribution >= 0.6 is 0 Å². The number of hydrogen-bond donors (Lipinski definition) is 0. The van der Waals surface area contributed by atoms with Crippen LogP contribution in [0.1, 0.15) is 5.56 Å². The molecule has 0 aliphatic carbocycles. The molecule has 2 aliphatic rings. The Morgan fingerprint density at radius 2 is 1.85 bits per heavy atom. The molecule has 1 aromatic rings.